The van der Waals surface area contributed by atoms with Crippen LogP contribution in [0, 0.1) is 0 Å². The van der Waals surface area contributed by atoms with Crippen LogP contribution in [0.5, 0.6) is 0 Å². The summed E-state index contributed by atoms with van der Waals surface area (Å²) in [7, 11) is 0. The van der Waals surface area contributed by atoms with Gasteiger partial charge < -0.3 is 13.4 Å². The van der Waals surface area contributed by atoms with E-state index in [0.29, 0.717) is 5.89 Å². The minimum atomic E-state index is 0.564. The molecule has 4 nitrogen and oxygen atoms in total. The van der Waals surface area contributed by atoms with Crippen molar-refractivity contribution in [3.05, 3.63) is 146 Å². The number of benzene rings is 8. The Kier molecular flexibility index (Phi) is 4.69. The average Bonchev–Trinajstić information content (AvgIpc) is 3.82. The smallest absolute Gasteiger partial charge is 0.231 e. The summed E-state index contributed by atoms with van der Waals surface area (Å²) in [5.74, 6) is 0.564. The molecule has 0 saturated heterocycles. The maximum atomic E-state index is 6.72. The summed E-state index contributed by atoms with van der Waals surface area (Å²) in [4.78, 5) is 4.91. The first-order valence-corrected chi connectivity index (χ1v) is 16.6. The molecule has 49 heavy (non-hydrogen) atoms. The van der Waals surface area contributed by atoms with Crippen LogP contribution in [0.25, 0.3) is 116 Å². The molecule has 1 aliphatic carbocycles. The molecular formula is C45H24N2O2. The van der Waals surface area contributed by atoms with Crippen molar-refractivity contribution >= 4 is 76.4 Å². The fourth-order valence-electron chi connectivity index (χ4n) is 8.50. The fraction of sp³-hybridized carbons (Fsp3) is 0. The van der Waals surface area contributed by atoms with E-state index < -0.39 is 0 Å². The topological polar surface area (TPSA) is 44.1 Å². The number of rotatable bonds is 2. The van der Waals surface area contributed by atoms with E-state index in [1.54, 1.807) is 0 Å². The van der Waals surface area contributed by atoms with Gasteiger partial charge in [-0.15, -0.1) is 0 Å². The zero-order chi connectivity index (χ0) is 31.8. The average molecular weight is 625 g/mol. The van der Waals surface area contributed by atoms with Crippen molar-refractivity contribution in [2.45, 2.75) is 0 Å². The van der Waals surface area contributed by atoms with Crippen molar-refractivity contribution in [2.24, 2.45) is 0 Å². The van der Waals surface area contributed by atoms with Gasteiger partial charge in [0.05, 0.1) is 16.6 Å². The highest BCUT2D eigenvalue weighted by Gasteiger charge is 2.25. The van der Waals surface area contributed by atoms with E-state index >= 15 is 0 Å². The van der Waals surface area contributed by atoms with Crippen molar-refractivity contribution < 1.29 is 8.83 Å². The van der Waals surface area contributed by atoms with E-state index in [4.69, 9.17) is 13.8 Å². The Morgan fingerprint density at radius 1 is 0.449 bits per heavy atom. The predicted octanol–water partition coefficient (Wildman–Crippen LogP) is 12.4. The Bertz CT molecular complexity index is 3200. The molecule has 11 aromatic rings. The molecule has 0 radical (unpaired) electrons. The van der Waals surface area contributed by atoms with Gasteiger partial charge in [0.15, 0.2) is 5.58 Å². The first kappa shape index (κ1) is 25.4. The molecule has 0 saturated carbocycles. The lowest BCUT2D eigenvalue weighted by Crippen LogP contribution is -1.94. The summed E-state index contributed by atoms with van der Waals surface area (Å²) in [6.45, 7) is 0. The molecule has 8 aromatic carbocycles. The van der Waals surface area contributed by atoms with Gasteiger partial charge in [-0.05, 0) is 92.3 Å². The van der Waals surface area contributed by atoms with Crippen LogP contribution in [-0.4, -0.2) is 9.55 Å². The number of para-hydroxylation sites is 2. The monoisotopic (exact) mass is 624 g/mol. The van der Waals surface area contributed by atoms with E-state index in [9.17, 15) is 0 Å². The van der Waals surface area contributed by atoms with Crippen LogP contribution >= 0.6 is 0 Å². The summed E-state index contributed by atoms with van der Waals surface area (Å²) in [5.41, 5.74) is 12.7. The third-order valence-corrected chi connectivity index (χ3v) is 10.5. The molecule has 0 amide bonds. The highest BCUT2D eigenvalue weighted by atomic mass is 16.4. The second kappa shape index (κ2) is 9.03. The summed E-state index contributed by atoms with van der Waals surface area (Å²) in [6, 6.07) is 51.9. The molecule has 226 valence electrons. The van der Waals surface area contributed by atoms with Crippen molar-refractivity contribution in [1.82, 2.24) is 9.55 Å². The maximum Gasteiger partial charge on any atom is 0.231 e. The Morgan fingerprint density at radius 3 is 2.08 bits per heavy atom. The number of nitrogens with zero attached hydrogens (tertiary/aromatic N) is 2. The highest BCUT2D eigenvalue weighted by molar-refractivity contribution is 6.30. The predicted molar refractivity (Wildman–Crippen MR) is 201 cm³/mol. The van der Waals surface area contributed by atoms with Crippen molar-refractivity contribution in [2.75, 3.05) is 0 Å². The third-order valence-electron chi connectivity index (χ3n) is 10.5. The summed E-state index contributed by atoms with van der Waals surface area (Å²) >= 11 is 0. The van der Waals surface area contributed by atoms with Gasteiger partial charge in [-0.1, -0.05) is 97.1 Å². The standard InChI is InChI=1S/C45H24N2O2/c1-2-11-28-26(9-1)23-34-33-24-27(20-22-38(33)48-44(34)42(28)45-46-35-16-5-6-18-39(35)49-45)47-36-17-8-15-32-30-13-4-3-12-29(30)31-14-7-10-25-19-21-37(47)43(40(25)31)41(32)36/h1-24H. The minimum absolute atomic E-state index is 0.564. The lowest BCUT2D eigenvalue weighted by molar-refractivity contribution is 0.616. The molecule has 0 spiro atoms. The van der Waals surface area contributed by atoms with Crippen LogP contribution in [0.2, 0.25) is 0 Å². The first-order valence-electron chi connectivity index (χ1n) is 16.6. The van der Waals surface area contributed by atoms with E-state index in [1.165, 1.54) is 54.8 Å². The Labute approximate surface area is 279 Å². The molecule has 0 N–H and O–H groups in total. The van der Waals surface area contributed by atoms with E-state index in [2.05, 4.69) is 126 Å². The third kappa shape index (κ3) is 3.25. The van der Waals surface area contributed by atoms with Crippen LogP contribution < -0.4 is 0 Å². The SMILES string of the molecule is c1ccc2c(c1)-c1cccc3ccc4c(c13)c1c-2cccc1n4-c1ccc2oc3c(-c4nc5ccccc5o4)c4ccccc4cc3c2c1. The van der Waals surface area contributed by atoms with E-state index in [0.717, 1.165) is 55.1 Å². The van der Waals surface area contributed by atoms with Crippen LogP contribution in [0.15, 0.2) is 154 Å². The van der Waals surface area contributed by atoms with Gasteiger partial charge in [0.2, 0.25) is 5.89 Å². The number of furan rings is 1. The molecule has 0 atom stereocenters. The number of hydrogen-bond donors (Lipinski definition) is 0. The lowest BCUT2D eigenvalue weighted by Gasteiger charge is -2.13. The maximum absolute atomic E-state index is 6.72. The minimum Gasteiger partial charge on any atom is -0.455 e. The Morgan fingerprint density at radius 2 is 1.18 bits per heavy atom. The van der Waals surface area contributed by atoms with Crippen LogP contribution in [-0.2, 0) is 0 Å². The summed E-state index contributed by atoms with van der Waals surface area (Å²) in [6.07, 6.45) is 0. The van der Waals surface area contributed by atoms with Gasteiger partial charge in [-0.3, -0.25) is 0 Å². The molecule has 3 heterocycles. The molecule has 3 aromatic heterocycles. The molecular weight excluding hydrogens is 601 g/mol. The number of aromatic nitrogens is 2. The lowest BCUT2D eigenvalue weighted by atomic mass is 9.93. The van der Waals surface area contributed by atoms with Crippen LogP contribution in [0.1, 0.15) is 0 Å². The van der Waals surface area contributed by atoms with Crippen LogP contribution in [0.4, 0.5) is 0 Å². The zero-order valence-corrected chi connectivity index (χ0v) is 26.1. The molecule has 0 fully saturated rings. The molecule has 1 aliphatic rings. The van der Waals surface area contributed by atoms with Gasteiger partial charge in [0.25, 0.3) is 0 Å². The van der Waals surface area contributed by atoms with Crippen molar-refractivity contribution in [1.29, 1.82) is 0 Å². The molecule has 4 heteroatoms. The number of fused-ring (bicyclic) bond motifs is 8. The van der Waals surface area contributed by atoms with Gasteiger partial charge in [0, 0.05) is 27.2 Å². The Balaban J connectivity index is 1.19. The molecule has 0 bridgehead atoms. The van der Waals surface area contributed by atoms with Gasteiger partial charge in [-0.2, -0.15) is 0 Å². The van der Waals surface area contributed by atoms with Gasteiger partial charge >= 0.3 is 0 Å². The summed E-state index contributed by atoms with van der Waals surface area (Å²) < 4.78 is 15.5. The van der Waals surface area contributed by atoms with Gasteiger partial charge in [0.1, 0.15) is 16.7 Å². The normalized spacial score (nSPS) is 12.5. The van der Waals surface area contributed by atoms with Gasteiger partial charge in [-0.25, -0.2) is 4.98 Å². The fourth-order valence-corrected chi connectivity index (χ4v) is 8.50. The number of oxazole rings is 1. The molecule has 12 rings (SSSR count). The van der Waals surface area contributed by atoms with Crippen molar-refractivity contribution in [3.8, 4) is 39.4 Å². The molecule has 0 aliphatic heterocycles. The first-order chi connectivity index (χ1) is 24.3. The zero-order valence-electron chi connectivity index (χ0n) is 26.1. The number of hydrogen-bond acceptors (Lipinski definition) is 3. The second-order valence-electron chi connectivity index (χ2n) is 13.1. The van der Waals surface area contributed by atoms with E-state index in [-0.39, 0.29) is 0 Å². The van der Waals surface area contributed by atoms with E-state index in [1.807, 2.05) is 24.3 Å². The largest absolute Gasteiger partial charge is 0.455 e. The second-order valence-corrected chi connectivity index (χ2v) is 13.1. The Hall–Kier alpha value is -6.65. The highest BCUT2D eigenvalue weighted by Crippen LogP contribution is 2.50. The summed E-state index contributed by atoms with van der Waals surface area (Å²) in [5, 5.41) is 9.42. The quantitative estimate of drug-likeness (QED) is 0.192. The van der Waals surface area contributed by atoms with Crippen molar-refractivity contribution in [3.63, 3.8) is 0 Å². The molecule has 0 unspecified atom stereocenters. The van der Waals surface area contributed by atoms with Crippen LogP contribution in [0.3, 0.4) is 0 Å².